The quantitative estimate of drug-likeness (QED) is 0.740. The van der Waals surface area contributed by atoms with Gasteiger partial charge in [0.1, 0.15) is 5.75 Å². The molecule has 0 saturated heterocycles. The van der Waals surface area contributed by atoms with Crippen LogP contribution in [0.3, 0.4) is 0 Å². The average molecular weight is 423 g/mol. The lowest BCUT2D eigenvalue weighted by Crippen LogP contribution is -2.52. The van der Waals surface area contributed by atoms with Crippen LogP contribution < -0.4 is 20.4 Å². The molecule has 0 aliphatic carbocycles. The number of nitrogens with one attached hydrogen (secondary N) is 2. The summed E-state index contributed by atoms with van der Waals surface area (Å²) in [4.78, 5) is 28.3. The number of amidine groups is 1. The van der Waals surface area contributed by atoms with Gasteiger partial charge >= 0.3 is 0 Å². The molecular formula is C21H21N5O3S. The Morgan fingerprint density at radius 3 is 2.67 bits per heavy atom. The number of nitrogens with zero attached hydrogens (tertiary/aromatic N) is 3. The number of hydrogen-bond donors (Lipinski definition) is 2. The monoisotopic (exact) mass is 423 g/mol. The van der Waals surface area contributed by atoms with Crippen molar-refractivity contribution in [2.45, 2.75) is 12.7 Å². The van der Waals surface area contributed by atoms with Gasteiger partial charge in [-0.2, -0.15) is 5.10 Å². The smallest absolute Gasteiger partial charge is 0.276 e. The van der Waals surface area contributed by atoms with Gasteiger partial charge in [-0.25, -0.2) is 0 Å². The number of methoxy groups -OCH3 is 1. The van der Waals surface area contributed by atoms with E-state index in [2.05, 4.69) is 15.8 Å². The van der Waals surface area contributed by atoms with Crippen molar-refractivity contribution in [3.05, 3.63) is 72.6 Å². The lowest BCUT2D eigenvalue weighted by atomic mass is 10.2. The van der Waals surface area contributed by atoms with Crippen LogP contribution in [-0.2, 0) is 16.1 Å². The molecule has 2 heterocycles. The molecule has 8 nitrogen and oxygen atoms in total. The molecule has 2 aliphatic rings. The molecule has 0 saturated carbocycles. The van der Waals surface area contributed by atoms with Crippen LogP contribution in [-0.4, -0.2) is 40.9 Å². The Hall–Kier alpha value is -3.46. The standard InChI is InChI=1S/C21H21N5O3S/c1-29-17-9-7-15(8-10-17)13-22-18(27)14-30-21-24-23-19-20(28)25(11-12-26(19)21)16-5-3-2-4-6-16/h2-12,19,23H,13-14H2,1H3,(H,22,27). The molecule has 0 radical (unpaired) electrons. The second-order valence-corrected chi connectivity index (χ2v) is 7.53. The van der Waals surface area contributed by atoms with Gasteiger partial charge < -0.3 is 10.1 Å². The zero-order valence-electron chi connectivity index (χ0n) is 16.3. The number of ether oxygens (including phenoxy) is 1. The maximum Gasteiger partial charge on any atom is 0.276 e. The first-order chi connectivity index (χ1) is 14.7. The van der Waals surface area contributed by atoms with Crippen molar-refractivity contribution in [1.82, 2.24) is 15.6 Å². The number of hydrazone groups is 1. The number of carbonyl (C=O) groups excluding carboxylic acids is 2. The van der Waals surface area contributed by atoms with E-state index in [4.69, 9.17) is 4.74 Å². The van der Waals surface area contributed by atoms with Gasteiger partial charge in [-0.15, -0.1) is 0 Å². The number of hydrogen-bond acceptors (Lipinski definition) is 7. The predicted molar refractivity (Wildman–Crippen MR) is 117 cm³/mol. The fourth-order valence-electron chi connectivity index (χ4n) is 3.05. The molecule has 154 valence electrons. The number of amides is 2. The summed E-state index contributed by atoms with van der Waals surface area (Å²) in [6.45, 7) is 0.435. The van der Waals surface area contributed by atoms with Crippen molar-refractivity contribution in [3.8, 4) is 5.75 Å². The van der Waals surface area contributed by atoms with Gasteiger partial charge in [0.15, 0.2) is 5.17 Å². The molecule has 2 aliphatic heterocycles. The number of thioether (sulfide) groups is 1. The lowest BCUT2D eigenvalue weighted by Gasteiger charge is -2.31. The van der Waals surface area contributed by atoms with Gasteiger partial charge in [-0.1, -0.05) is 42.1 Å². The first kappa shape index (κ1) is 19.8. The predicted octanol–water partition coefficient (Wildman–Crippen LogP) is 2.06. The second kappa shape index (κ2) is 8.91. The van der Waals surface area contributed by atoms with Crippen LogP contribution in [0.4, 0.5) is 5.69 Å². The molecule has 1 atom stereocenters. The fraction of sp³-hybridized carbons (Fsp3) is 0.190. The van der Waals surface area contributed by atoms with Crippen LogP contribution in [0.25, 0.3) is 0 Å². The highest BCUT2D eigenvalue weighted by Crippen LogP contribution is 2.25. The van der Waals surface area contributed by atoms with Gasteiger partial charge in [0, 0.05) is 24.6 Å². The first-order valence-corrected chi connectivity index (χ1v) is 10.3. The van der Waals surface area contributed by atoms with Gasteiger partial charge in [0.05, 0.1) is 12.9 Å². The molecule has 2 aromatic rings. The van der Waals surface area contributed by atoms with Gasteiger partial charge in [0.2, 0.25) is 12.1 Å². The number of fused-ring (bicyclic) bond motifs is 1. The molecule has 0 bridgehead atoms. The number of benzene rings is 2. The molecule has 9 heteroatoms. The molecule has 4 rings (SSSR count). The van der Waals surface area contributed by atoms with Crippen LogP contribution >= 0.6 is 11.8 Å². The summed E-state index contributed by atoms with van der Waals surface area (Å²) >= 11 is 1.28. The van der Waals surface area contributed by atoms with Crippen molar-refractivity contribution in [3.63, 3.8) is 0 Å². The minimum Gasteiger partial charge on any atom is -0.497 e. The first-order valence-electron chi connectivity index (χ1n) is 9.36. The number of rotatable bonds is 6. The highest BCUT2D eigenvalue weighted by atomic mass is 32.2. The minimum atomic E-state index is -0.611. The second-order valence-electron chi connectivity index (χ2n) is 6.59. The number of carbonyl (C=O) groups is 2. The maximum atomic E-state index is 12.8. The van der Waals surface area contributed by atoms with Crippen LogP contribution in [0.5, 0.6) is 5.75 Å². The van der Waals surface area contributed by atoms with Crippen molar-refractivity contribution in [2.24, 2.45) is 5.10 Å². The highest BCUT2D eigenvalue weighted by molar-refractivity contribution is 8.14. The number of anilines is 1. The van der Waals surface area contributed by atoms with E-state index in [0.29, 0.717) is 11.7 Å². The van der Waals surface area contributed by atoms with Crippen LogP contribution in [0, 0.1) is 0 Å². The summed E-state index contributed by atoms with van der Waals surface area (Å²) in [5, 5.41) is 7.69. The van der Waals surface area contributed by atoms with E-state index in [1.807, 2.05) is 54.6 Å². The molecule has 0 spiro atoms. The summed E-state index contributed by atoms with van der Waals surface area (Å²) in [6.07, 6.45) is 2.89. The zero-order valence-corrected chi connectivity index (χ0v) is 17.1. The Bertz CT molecular complexity index is 978. The normalized spacial score (nSPS) is 17.3. The van der Waals surface area contributed by atoms with E-state index in [1.54, 1.807) is 29.3 Å². The SMILES string of the molecule is COc1ccc(CNC(=O)CSC2=NNC3C(=O)N(c4ccccc4)C=CN23)cc1. The van der Waals surface area contributed by atoms with Crippen molar-refractivity contribution < 1.29 is 14.3 Å². The number of para-hydroxylation sites is 1. The van der Waals surface area contributed by atoms with Crippen molar-refractivity contribution >= 4 is 34.4 Å². The van der Waals surface area contributed by atoms with E-state index < -0.39 is 6.17 Å². The van der Waals surface area contributed by atoms with Crippen LogP contribution in [0.2, 0.25) is 0 Å². The Kier molecular flexibility index (Phi) is 5.89. The minimum absolute atomic E-state index is 0.111. The van der Waals surface area contributed by atoms with Crippen LogP contribution in [0.15, 0.2) is 72.1 Å². The summed E-state index contributed by atoms with van der Waals surface area (Å²) in [5.41, 5.74) is 4.63. The molecule has 2 N–H and O–H groups in total. The fourth-order valence-corrected chi connectivity index (χ4v) is 3.84. The van der Waals surface area contributed by atoms with E-state index in [0.717, 1.165) is 17.0 Å². The summed E-state index contributed by atoms with van der Waals surface area (Å²) in [7, 11) is 1.61. The van der Waals surface area contributed by atoms with Gasteiger partial charge in [0.25, 0.3) is 5.91 Å². The molecule has 2 aromatic carbocycles. The Balaban J connectivity index is 1.29. The Morgan fingerprint density at radius 1 is 1.17 bits per heavy atom. The summed E-state index contributed by atoms with van der Waals surface area (Å²) in [5.74, 6) is 0.730. The van der Waals surface area contributed by atoms with E-state index in [1.165, 1.54) is 11.8 Å². The Morgan fingerprint density at radius 2 is 1.93 bits per heavy atom. The molecule has 30 heavy (non-hydrogen) atoms. The molecule has 2 amide bonds. The average Bonchev–Trinajstić information content (AvgIpc) is 3.21. The third kappa shape index (κ3) is 4.25. The van der Waals surface area contributed by atoms with E-state index in [-0.39, 0.29) is 17.6 Å². The third-order valence-corrected chi connectivity index (χ3v) is 5.61. The molecular weight excluding hydrogens is 402 g/mol. The van der Waals surface area contributed by atoms with Crippen LogP contribution in [0.1, 0.15) is 5.56 Å². The summed E-state index contributed by atoms with van der Waals surface area (Å²) in [6, 6.07) is 16.9. The largest absolute Gasteiger partial charge is 0.497 e. The highest BCUT2D eigenvalue weighted by Gasteiger charge is 2.38. The molecule has 0 aromatic heterocycles. The van der Waals surface area contributed by atoms with Crippen molar-refractivity contribution in [2.75, 3.05) is 17.8 Å². The third-order valence-electron chi connectivity index (χ3n) is 4.64. The van der Waals surface area contributed by atoms with E-state index >= 15 is 0 Å². The summed E-state index contributed by atoms with van der Waals surface area (Å²) < 4.78 is 5.13. The van der Waals surface area contributed by atoms with Gasteiger partial charge in [-0.3, -0.25) is 24.8 Å². The van der Waals surface area contributed by atoms with Crippen molar-refractivity contribution in [1.29, 1.82) is 0 Å². The molecule has 0 fully saturated rings. The van der Waals surface area contributed by atoms with E-state index in [9.17, 15) is 9.59 Å². The van der Waals surface area contributed by atoms with Gasteiger partial charge in [-0.05, 0) is 29.8 Å². The topological polar surface area (TPSA) is 86.3 Å². The Labute approximate surface area is 178 Å². The molecule has 1 unspecified atom stereocenters. The maximum absolute atomic E-state index is 12.8. The lowest BCUT2D eigenvalue weighted by molar-refractivity contribution is -0.122. The zero-order chi connectivity index (χ0) is 20.9.